The normalized spacial score (nSPS) is 18.5. The highest BCUT2D eigenvalue weighted by Crippen LogP contribution is 2.33. The molecule has 0 aliphatic carbocycles. The first kappa shape index (κ1) is 21.7. The van der Waals surface area contributed by atoms with Gasteiger partial charge in [-0.3, -0.25) is 0 Å². The van der Waals surface area contributed by atoms with E-state index < -0.39 is 30.4 Å². The summed E-state index contributed by atoms with van der Waals surface area (Å²) in [6.07, 6.45) is -3.52. The summed E-state index contributed by atoms with van der Waals surface area (Å²) in [5.74, 6) is -0.893. The fourth-order valence-electron chi connectivity index (χ4n) is 2.98. The standard InChI is InChI=1S/C23H16Br2O6/c24-15-8-4-10-17(12-15)28-21(26)19-20(22(27)29-18-11-5-9-16(25)13-18)31-23(30-19)14-6-2-1-3-7-14/h1-13,19-20,23H/t19-,20-/m1/s1. The number of hydrogen-bond acceptors (Lipinski definition) is 6. The SMILES string of the molecule is O=C(Oc1cccc(Br)c1)[C@@H]1OC(c2ccccc2)O[C@H]1C(=O)Oc1cccc(Br)c1. The maximum atomic E-state index is 12.9. The Labute approximate surface area is 195 Å². The molecule has 1 fully saturated rings. The van der Waals surface area contributed by atoms with Gasteiger partial charge in [0.15, 0.2) is 18.5 Å². The van der Waals surface area contributed by atoms with Crippen molar-refractivity contribution >= 4 is 43.8 Å². The van der Waals surface area contributed by atoms with Gasteiger partial charge in [-0.2, -0.15) is 0 Å². The summed E-state index contributed by atoms with van der Waals surface area (Å²) >= 11 is 6.66. The molecular weight excluding hydrogens is 532 g/mol. The third kappa shape index (κ3) is 5.40. The molecule has 0 bridgehead atoms. The molecule has 2 atom stereocenters. The van der Waals surface area contributed by atoms with Crippen LogP contribution in [-0.4, -0.2) is 24.1 Å². The van der Waals surface area contributed by atoms with Gasteiger partial charge in [-0.25, -0.2) is 9.59 Å². The second-order valence-corrected chi connectivity index (χ2v) is 8.44. The van der Waals surface area contributed by atoms with Gasteiger partial charge in [0, 0.05) is 14.5 Å². The number of hydrogen-bond donors (Lipinski definition) is 0. The molecule has 1 saturated heterocycles. The smallest absolute Gasteiger partial charge is 0.344 e. The zero-order valence-electron chi connectivity index (χ0n) is 15.9. The zero-order chi connectivity index (χ0) is 21.8. The van der Waals surface area contributed by atoms with Crippen molar-refractivity contribution in [3.8, 4) is 11.5 Å². The Morgan fingerprint density at radius 2 is 1.16 bits per heavy atom. The summed E-state index contributed by atoms with van der Waals surface area (Å²) in [4.78, 5) is 25.7. The number of carbonyl (C=O) groups is 2. The number of halogens is 2. The van der Waals surface area contributed by atoms with E-state index in [0.717, 1.165) is 8.95 Å². The summed E-state index contributed by atoms with van der Waals surface area (Å²) < 4.78 is 23.9. The molecule has 6 nitrogen and oxygen atoms in total. The number of rotatable bonds is 5. The first-order valence-corrected chi connectivity index (χ1v) is 10.9. The second kappa shape index (κ2) is 9.74. The van der Waals surface area contributed by atoms with E-state index in [0.29, 0.717) is 17.1 Å². The van der Waals surface area contributed by atoms with Gasteiger partial charge < -0.3 is 18.9 Å². The van der Waals surface area contributed by atoms with E-state index in [2.05, 4.69) is 31.9 Å². The van der Waals surface area contributed by atoms with E-state index >= 15 is 0 Å². The van der Waals surface area contributed by atoms with Crippen molar-refractivity contribution in [3.05, 3.63) is 93.4 Å². The largest absolute Gasteiger partial charge is 0.424 e. The molecule has 4 rings (SSSR count). The summed E-state index contributed by atoms with van der Waals surface area (Å²) in [6.45, 7) is 0. The molecule has 0 unspecified atom stereocenters. The van der Waals surface area contributed by atoms with E-state index in [9.17, 15) is 9.59 Å². The number of esters is 2. The minimum Gasteiger partial charge on any atom is -0.424 e. The minimum absolute atomic E-state index is 0.310. The maximum absolute atomic E-state index is 12.9. The molecule has 158 valence electrons. The highest BCUT2D eigenvalue weighted by molar-refractivity contribution is 9.10. The van der Waals surface area contributed by atoms with Crippen LogP contribution in [0.15, 0.2) is 87.8 Å². The molecular formula is C23H16Br2O6. The van der Waals surface area contributed by atoms with Crippen molar-refractivity contribution in [2.24, 2.45) is 0 Å². The minimum atomic E-state index is -1.30. The van der Waals surface area contributed by atoms with E-state index in [1.54, 1.807) is 60.7 Å². The first-order chi connectivity index (χ1) is 15.0. The fraction of sp³-hybridized carbons (Fsp3) is 0.130. The lowest BCUT2D eigenvalue weighted by molar-refractivity contribution is -0.153. The molecule has 0 saturated carbocycles. The quantitative estimate of drug-likeness (QED) is 0.323. The van der Waals surface area contributed by atoms with Crippen LogP contribution in [0.1, 0.15) is 11.9 Å². The van der Waals surface area contributed by atoms with Crippen LogP contribution in [0.4, 0.5) is 0 Å². The van der Waals surface area contributed by atoms with E-state index in [4.69, 9.17) is 18.9 Å². The third-order valence-corrected chi connectivity index (χ3v) is 5.37. The van der Waals surface area contributed by atoms with Crippen molar-refractivity contribution in [3.63, 3.8) is 0 Å². The van der Waals surface area contributed by atoms with Crippen molar-refractivity contribution in [1.29, 1.82) is 0 Å². The molecule has 3 aromatic carbocycles. The van der Waals surface area contributed by atoms with E-state index in [1.807, 2.05) is 18.2 Å². The lowest BCUT2D eigenvalue weighted by Crippen LogP contribution is -2.41. The van der Waals surface area contributed by atoms with Crippen LogP contribution in [0.5, 0.6) is 11.5 Å². The molecule has 1 heterocycles. The molecule has 0 spiro atoms. The molecule has 0 amide bonds. The average molecular weight is 548 g/mol. The monoisotopic (exact) mass is 546 g/mol. The summed E-state index contributed by atoms with van der Waals surface area (Å²) in [5.41, 5.74) is 0.667. The molecule has 8 heteroatoms. The van der Waals surface area contributed by atoms with Crippen LogP contribution < -0.4 is 9.47 Å². The van der Waals surface area contributed by atoms with Gasteiger partial charge in [-0.05, 0) is 36.4 Å². The molecule has 0 radical (unpaired) electrons. The van der Waals surface area contributed by atoms with Crippen LogP contribution in [-0.2, 0) is 19.1 Å². The van der Waals surface area contributed by atoms with Gasteiger partial charge in [0.05, 0.1) is 0 Å². The number of benzene rings is 3. The van der Waals surface area contributed by atoms with Gasteiger partial charge in [-0.15, -0.1) is 0 Å². The average Bonchev–Trinajstić information content (AvgIpc) is 3.20. The summed E-state index contributed by atoms with van der Waals surface area (Å²) in [6, 6.07) is 22.6. The van der Waals surface area contributed by atoms with Crippen LogP contribution >= 0.6 is 31.9 Å². The maximum Gasteiger partial charge on any atom is 0.344 e. The van der Waals surface area contributed by atoms with E-state index in [1.165, 1.54) is 0 Å². The Hall–Kier alpha value is -2.52. The highest BCUT2D eigenvalue weighted by atomic mass is 79.9. The number of carbonyl (C=O) groups excluding carboxylic acids is 2. The van der Waals surface area contributed by atoms with Gasteiger partial charge in [0.25, 0.3) is 0 Å². The van der Waals surface area contributed by atoms with Gasteiger partial charge in [0.2, 0.25) is 0 Å². The Morgan fingerprint density at radius 1 is 0.677 bits per heavy atom. The zero-order valence-corrected chi connectivity index (χ0v) is 19.1. The predicted octanol–water partition coefficient (Wildman–Crippen LogP) is 5.21. The third-order valence-electron chi connectivity index (χ3n) is 4.38. The molecule has 0 N–H and O–H groups in total. The van der Waals surface area contributed by atoms with Crippen LogP contribution in [0.3, 0.4) is 0 Å². The molecule has 1 aliphatic rings. The van der Waals surface area contributed by atoms with Crippen molar-refractivity contribution in [1.82, 2.24) is 0 Å². The first-order valence-electron chi connectivity index (χ1n) is 9.30. The van der Waals surface area contributed by atoms with Gasteiger partial charge in [0.1, 0.15) is 11.5 Å². The van der Waals surface area contributed by atoms with Crippen molar-refractivity contribution in [2.45, 2.75) is 18.5 Å². The van der Waals surface area contributed by atoms with Crippen molar-refractivity contribution in [2.75, 3.05) is 0 Å². The topological polar surface area (TPSA) is 71.1 Å². The van der Waals surface area contributed by atoms with Gasteiger partial charge >= 0.3 is 11.9 Å². The molecule has 31 heavy (non-hydrogen) atoms. The van der Waals surface area contributed by atoms with E-state index in [-0.39, 0.29) is 0 Å². The summed E-state index contributed by atoms with van der Waals surface area (Å²) in [7, 11) is 0. The van der Waals surface area contributed by atoms with Crippen LogP contribution in [0, 0.1) is 0 Å². The molecule has 0 aromatic heterocycles. The van der Waals surface area contributed by atoms with Gasteiger partial charge in [-0.1, -0.05) is 74.3 Å². The molecule has 1 aliphatic heterocycles. The lowest BCUT2D eigenvalue weighted by atomic mass is 10.2. The Bertz CT molecular complexity index is 1020. The Kier molecular flexibility index (Phi) is 6.82. The van der Waals surface area contributed by atoms with Crippen molar-refractivity contribution < 1.29 is 28.5 Å². The van der Waals surface area contributed by atoms with Crippen LogP contribution in [0.2, 0.25) is 0 Å². The number of ether oxygens (including phenoxy) is 4. The second-order valence-electron chi connectivity index (χ2n) is 6.61. The summed E-state index contributed by atoms with van der Waals surface area (Å²) in [5, 5.41) is 0. The lowest BCUT2D eigenvalue weighted by Gasteiger charge is -2.15. The highest BCUT2D eigenvalue weighted by Gasteiger charge is 2.48. The Balaban J connectivity index is 1.56. The predicted molar refractivity (Wildman–Crippen MR) is 118 cm³/mol. The Morgan fingerprint density at radius 3 is 1.61 bits per heavy atom. The molecule has 3 aromatic rings. The fourth-order valence-corrected chi connectivity index (χ4v) is 3.73. The van der Waals surface area contributed by atoms with Crippen LogP contribution in [0.25, 0.3) is 0 Å².